The van der Waals surface area contributed by atoms with Crippen LogP contribution in [0.2, 0.25) is 5.02 Å². The van der Waals surface area contributed by atoms with E-state index in [9.17, 15) is 14.7 Å². The molecule has 1 amide bonds. The number of carbonyl (C=O) groups is 2. The summed E-state index contributed by atoms with van der Waals surface area (Å²) in [6.07, 6.45) is 3.69. The zero-order chi connectivity index (χ0) is 20.5. The Morgan fingerprint density at radius 1 is 1.21 bits per heavy atom. The largest absolute Gasteiger partial charge is 0.495 e. The molecule has 2 aliphatic rings. The number of benzene rings is 2. The Balaban J connectivity index is 1.78. The molecule has 3 atom stereocenters. The molecule has 0 radical (unpaired) electrons. The maximum absolute atomic E-state index is 13.1. The van der Waals surface area contributed by atoms with Crippen LogP contribution in [-0.4, -0.2) is 30.3 Å². The van der Waals surface area contributed by atoms with E-state index in [-0.39, 0.29) is 18.4 Å². The summed E-state index contributed by atoms with van der Waals surface area (Å²) < 4.78 is 11.0. The van der Waals surface area contributed by atoms with E-state index in [4.69, 9.17) is 21.1 Å². The second kappa shape index (κ2) is 7.79. The number of aliphatic carboxylic acids is 1. The van der Waals surface area contributed by atoms with Gasteiger partial charge in [-0.25, -0.2) is 9.59 Å². The number of fused-ring (bicyclic) bond motifs is 3. The van der Waals surface area contributed by atoms with Crippen LogP contribution in [0.4, 0.5) is 10.5 Å². The molecule has 1 N–H and O–H groups in total. The smallest absolute Gasteiger partial charge is 0.415 e. The standard InChI is InChI=1S/C22H20ClNO5/c1-28-17-11-10-16(23)18-14-8-5-9-15(14)19(21(25)26)24(20(17)18)22(27)29-12-13-6-3-2-4-7-13/h2-8,10-11,14-15,19H,9,12H2,1H3,(H,25,26)/t14-,15+,19-/m1/s1. The first-order valence-electron chi connectivity index (χ1n) is 9.28. The van der Waals surface area contributed by atoms with Crippen LogP contribution in [-0.2, 0) is 16.1 Å². The van der Waals surface area contributed by atoms with Crippen molar-refractivity contribution in [2.24, 2.45) is 5.92 Å². The van der Waals surface area contributed by atoms with Gasteiger partial charge in [0.25, 0.3) is 0 Å². The number of nitrogens with zero attached hydrogens (tertiary/aromatic N) is 1. The molecule has 150 valence electrons. The molecule has 0 unspecified atom stereocenters. The van der Waals surface area contributed by atoms with Crippen molar-refractivity contribution in [3.05, 3.63) is 70.8 Å². The lowest BCUT2D eigenvalue weighted by Crippen LogP contribution is -2.53. The SMILES string of the molecule is COc1ccc(Cl)c2c1N(C(=O)OCc1ccccc1)[C@@H](C(=O)O)[C@H]1CC=C[C@@H]21. The minimum absolute atomic E-state index is 0.0348. The van der Waals surface area contributed by atoms with E-state index in [2.05, 4.69) is 0 Å². The minimum atomic E-state index is -1.09. The molecule has 7 heteroatoms. The number of ether oxygens (including phenoxy) is 2. The van der Waals surface area contributed by atoms with Gasteiger partial charge in [-0.2, -0.15) is 0 Å². The molecule has 6 nitrogen and oxygen atoms in total. The van der Waals surface area contributed by atoms with Crippen molar-refractivity contribution in [3.8, 4) is 5.75 Å². The van der Waals surface area contributed by atoms with E-state index in [0.29, 0.717) is 28.4 Å². The third-order valence-corrected chi connectivity index (χ3v) is 5.80. The molecule has 0 spiro atoms. The number of halogens is 1. The molecule has 0 aromatic heterocycles. The normalized spacial score (nSPS) is 22.0. The van der Waals surface area contributed by atoms with Gasteiger partial charge in [0.1, 0.15) is 18.4 Å². The second-order valence-corrected chi connectivity index (χ2v) is 7.47. The van der Waals surface area contributed by atoms with Gasteiger partial charge >= 0.3 is 12.1 Å². The molecule has 29 heavy (non-hydrogen) atoms. The van der Waals surface area contributed by atoms with Crippen LogP contribution in [0.5, 0.6) is 5.75 Å². The van der Waals surface area contributed by atoms with Crippen LogP contribution in [0.25, 0.3) is 0 Å². The molecule has 0 saturated heterocycles. The fraction of sp³-hybridized carbons (Fsp3) is 0.273. The number of allylic oxidation sites excluding steroid dienone is 2. The fourth-order valence-corrected chi connectivity index (χ4v) is 4.50. The Morgan fingerprint density at radius 3 is 2.66 bits per heavy atom. The summed E-state index contributed by atoms with van der Waals surface area (Å²) in [7, 11) is 1.48. The first-order valence-corrected chi connectivity index (χ1v) is 9.66. The van der Waals surface area contributed by atoms with Crippen LogP contribution in [0.1, 0.15) is 23.5 Å². The lowest BCUT2D eigenvalue weighted by Gasteiger charge is -2.42. The molecule has 0 fully saturated rings. The summed E-state index contributed by atoms with van der Waals surface area (Å²) >= 11 is 6.49. The zero-order valence-corrected chi connectivity index (χ0v) is 16.5. The van der Waals surface area contributed by atoms with Gasteiger partial charge in [-0.1, -0.05) is 54.1 Å². The average Bonchev–Trinajstić information content (AvgIpc) is 3.21. The van der Waals surface area contributed by atoms with Gasteiger partial charge in [-0.05, 0) is 24.1 Å². The van der Waals surface area contributed by atoms with Crippen molar-refractivity contribution in [1.82, 2.24) is 0 Å². The van der Waals surface area contributed by atoms with Gasteiger partial charge in [-0.3, -0.25) is 4.90 Å². The molecular weight excluding hydrogens is 394 g/mol. The summed E-state index contributed by atoms with van der Waals surface area (Å²) in [4.78, 5) is 26.6. The quantitative estimate of drug-likeness (QED) is 0.740. The van der Waals surface area contributed by atoms with Crippen molar-refractivity contribution < 1.29 is 24.2 Å². The van der Waals surface area contributed by atoms with Crippen LogP contribution < -0.4 is 9.64 Å². The molecule has 1 heterocycles. The van der Waals surface area contributed by atoms with Crippen molar-refractivity contribution >= 4 is 29.4 Å². The Hall–Kier alpha value is -2.99. The lowest BCUT2D eigenvalue weighted by molar-refractivity contribution is -0.140. The summed E-state index contributed by atoms with van der Waals surface area (Å²) in [6, 6.07) is 11.5. The number of hydrogen-bond acceptors (Lipinski definition) is 4. The Kier molecular flexibility index (Phi) is 5.20. The monoisotopic (exact) mass is 413 g/mol. The van der Waals surface area contributed by atoms with Crippen molar-refractivity contribution in [3.63, 3.8) is 0 Å². The predicted molar refractivity (Wildman–Crippen MR) is 109 cm³/mol. The van der Waals surface area contributed by atoms with Gasteiger partial charge in [0.2, 0.25) is 0 Å². The van der Waals surface area contributed by atoms with Crippen LogP contribution in [0.15, 0.2) is 54.6 Å². The maximum Gasteiger partial charge on any atom is 0.415 e. The van der Waals surface area contributed by atoms with Gasteiger partial charge in [0, 0.05) is 22.4 Å². The highest BCUT2D eigenvalue weighted by Gasteiger charge is 2.50. The van der Waals surface area contributed by atoms with Crippen molar-refractivity contribution in [2.75, 3.05) is 12.0 Å². The van der Waals surface area contributed by atoms with Gasteiger partial charge in [0.15, 0.2) is 0 Å². The summed E-state index contributed by atoms with van der Waals surface area (Å²) in [5.41, 5.74) is 1.86. The number of carboxylic acids is 1. The topological polar surface area (TPSA) is 76.1 Å². The number of anilines is 1. The van der Waals surface area contributed by atoms with Crippen LogP contribution >= 0.6 is 11.6 Å². The Bertz CT molecular complexity index is 975. The third-order valence-electron chi connectivity index (χ3n) is 5.47. The predicted octanol–water partition coefficient (Wildman–Crippen LogP) is 4.62. The Labute approximate surface area is 173 Å². The highest BCUT2D eigenvalue weighted by molar-refractivity contribution is 6.32. The maximum atomic E-state index is 13.1. The fourth-order valence-electron chi connectivity index (χ4n) is 4.22. The molecule has 2 aromatic rings. The summed E-state index contributed by atoms with van der Waals surface area (Å²) in [5.74, 6) is -1.24. The summed E-state index contributed by atoms with van der Waals surface area (Å²) in [6.45, 7) is 0.0348. The number of amides is 1. The number of rotatable bonds is 4. The van der Waals surface area contributed by atoms with Gasteiger partial charge < -0.3 is 14.6 Å². The number of carbonyl (C=O) groups excluding carboxylic acids is 1. The van der Waals surface area contributed by atoms with Crippen molar-refractivity contribution in [1.29, 1.82) is 0 Å². The third kappa shape index (κ3) is 3.34. The van der Waals surface area contributed by atoms with Gasteiger partial charge in [-0.15, -0.1) is 0 Å². The van der Waals surface area contributed by atoms with E-state index in [1.165, 1.54) is 12.0 Å². The highest BCUT2D eigenvalue weighted by atomic mass is 35.5. The van der Waals surface area contributed by atoms with Gasteiger partial charge in [0.05, 0.1) is 12.8 Å². The van der Waals surface area contributed by atoms with E-state index in [0.717, 1.165) is 5.56 Å². The van der Waals surface area contributed by atoms with E-state index >= 15 is 0 Å². The molecule has 1 aliphatic heterocycles. The summed E-state index contributed by atoms with van der Waals surface area (Å²) in [5, 5.41) is 10.5. The minimum Gasteiger partial charge on any atom is -0.495 e. The number of carboxylic acid groups (broad SMARTS) is 1. The second-order valence-electron chi connectivity index (χ2n) is 7.06. The van der Waals surface area contributed by atoms with E-state index < -0.39 is 18.1 Å². The van der Waals surface area contributed by atoms with Crippen LogP contribution in [0.3, 0.4) is 0 Å². The zero-order valence-electron chi connectivity index (χ0n) is 15.7. The highest BCUT2D eigenvalue weighted by Crippen LogP contribution is 2.53. The molecule has 0 saturated carbocycles. The number of methoxy groups -OCH3 is 1. The molecule has 2 aromatic carbocycles. The average molecular weight is 414 g/mol. The van der Waals surface area contributed by atoms with Crippen molar-refractivity contribution in [2.45, 2.75) is 25.0 Å². The van der Waals surface area contributed by atoms with Crippen LogP contribution in [0, 0.1) is 5.92 Å². The van der Waals surface area contributed by atoms with E-state index in [1.807, 2.05) is 42.5 Å². The molecule has 4 rings (SSSR count). The lowest BCUT2D eigenvalue weighted by atomic mass is 9.78. The number of hydrogen-bond donors (Lipinski definition) is 1. The van der Waals surface area contributed by atoms with E-state index in [1.54, 1.807) is 12.1 Å². The first-order chi connectivity index (χ1) is 14.0. The Morgan fingerprint density at radius 2 is 1.97 bits per heavy atom. The first kappa shape index (κ1) is 19.3. The molecular formula is C22H20ClNO5. The molecule has 0 bridgehead atoms. The molecule has 1 aliphatic carbocycles.